The van der Waals surface area contributed by atoms with E-state index in [1.807, 2.05) is 18.2 Å². The first-order chi connectivity index (χ1) is 12.5. The molecule has 6 heteroatoms. The average Bonchev–Trinajstić information content (AvgIpc) is 3.25. The van der Waals surface area contributed by atoms with E-state index >= 15 is 0 Å². The van der Waals surface area contributed by atoms with Crippen molar-refractivity contribution in [1.29, 1.82) is 0 Å². The second kappa shape index (κ2) is 6.49. The Bertz CT molecular complexity index is 914. The molecule has 0 saturated heterocycles. The molecule has 0 atom stereocenters. The van der Waals surface area contributed by atoms with Crippen LogP contribution in [0.1, 0.15) is 56.3 Å². The fraction of sp³-hybridized carbons (Fsp3) is 0.450. The number of rotatable bonds is 3. The van der Waals surface area contributed by atoms with E-state index in [0.29, 0.717) is 18.2 Å². The molecule has 0 unspecified atom stereocenters. The van der Waals surface area contributed by atoms with Crippen LogP contribution in [0.25, 0.3) is 22.2 Å². The summed E-state index contributed by atoms with van der Waals surface area (Å²) in [5, 5.41) is 4.76. The van der Waals surface area contributed by atoms with Crippen LogP contribution in [-0.4, -0.2) is 14.8 Å². The van der Waals surface area contributed by atoms with Crippen LogP contribution >= 0.6 is 0 Å². The van der Waals surface area contributed by atoms with Gasteiger partial charge in [0, 0.05) is 28.7 Å². The van der Waals surface area contributed by atoms with E-state index in [0.717, 1.165) is 22.5 Å². The summed E-state index contributed by atoms with van der Waals surface area (Å²) in [6, 6.07) is 9.08. The molecule has 1 aliphatic rings. The summed E-state index contributed by atoms with van der Waals surface area (Å²) >= 11 is 0. The number of aryl methyl sites for hydroxylation is 1. The second-order valence-electron chi connectivity index (χ2n) is 7.09. The first-order valence-electron chi connectivity index (χ1n) is 9.24. The lowest BCUT2D eigenvalue weighted by Crippen LogP contribution is -2.07. The first kappa shape index (κ1) is 17.2. The van der Waals surface area contributed by atoms with Crippen molar-refractivity contribution in [2.45, 2.75) is 57.7 Å². The highest BCUT2D eigenvalue weighted by Crippen LogP contribution is 2.36. The summed E-state index contributed by atoms with van der Waals surface area (Å²) in [5.41, 5.74) is 2.70. The van der Waals surface area contributed by atoms with Crippen molar-refractivity contribution in [3.05, 3.63) is 41.7 Å². The van der Waals surface area contributed by atoms with Crippen molar-refractivity contribution in [2.75, 3.05) is 0 Å². The fourth-order valence-corrected chi connectivity index (χ4v) is 3.98. The molecule has 0 amide bonds. The maximum Gasteiger partial charge on any atom is 0.435 e. The Kier molecular flexibility index (Phi) is 4.29. The average molecular weight is 361 g/mol. The number of alkyl halides is 3. The number of H-pyrrole nitrogens is 1. The SMILES string of the molecule is CCn1nc(C(F)(F)F)cc1-c1ccc2[nH]c(C3CCCCC3)cc2c1. The third-order valence-corrected chi connectivity index (χ3v) is 5.35. The smallest absolute Gasteiger partial charge is 0.358 e. The number of hydrogen-bond acceptors (Lipinski definition) is 1. The molecule has 1 fully saturated rings. The van der Waals surface area contributed by atoms with E-state index in [1.165, 1.54) is 42.5 Å². The third-order valence-electron chi connectivity index (χ3n) is 5.35. The molecule has 1 aromatic carbocycles. The Hall–Kier alpha value is -2.24. The minimum absolute atomic E-state index is 0.393. The standard InChI is InChI=1S/C20H22F3N3/c1-2-26-18(12-19(25-26)20(21,22)23)14-8-9-16-15(10-14)11-17(24-16)13-6-4-3-5-7-13/h8-13,24H,2-7H2,1H3. The van der Waals surface area contributed by atoms with Crippen molar-refractivity contribution >= 4 is 10.9 Å². The lowest BCUT2D eigenvalue weighted by Gasteiger charge is -2.20. The van der Waals surface area contributed by atoms with Crippen molar-refractivity contribution in [2.24, 2.45) is 0 Å². The van der Waals surface area contributed by atoms with Gasteiger partial charge in [-0.3, -0.25) is 4.68 Å². The first-order valence-corrected chi connectivity index (χ1v) is 9.24. The van der Waals surface area contributed by atoms with Gasteiger partial charge in [-0.25, -0.2) is 0 Å². The molecule has 0 bridgehead atoms. The minimum Gasteiger partial charge on any atom is -0.358 e. The maximum atomic E-state index is 13.0. The summed E-state index contributed by atoms with van der Waals surface area (Å²) in [5.74, 6) is 0.567. The Morgan fingerprint density at radius 2 is 1.88 bits per heavy atom. The Morgan fingerprint density at radius 1 is 1.12 bits per heavy atom. The van der Waals surface area contributed by atoms with Gasteiger partial charge in [0.25, 0.3) is 0 Å². The molecule has 26 heavy (non-hydrogen) atoms. The number of halogens is 3. The van der Waals surface area contributed by atoms with Crippen molar-refractivity contribution < 1.29 is 13.2 Å². The number of fused-ring (bicyclic) bond motifs is 1. The normalized spacial score (nSPS) is 16.5. The van der Waals surface area contributed by atoms with E-state index in [1.54, 1.807) is 6.92 Å². The van der Waals surface area contributed by atoms with E-state index in [9.17, 15) is 13.2 Å². The summed E-state index contributed by atoms with van der Waals surface area (Å²) in [6.45, 7) is 2.19. The second-order valence-corrected chi connectivity index (χ2v) is 7.09. The predicted octanol–water partition coefficient (Wildman–Crippen LogP) is 6.12. The highest BCUT2D eigenvalue weighted by Gasteiger charge is 2.35. The van der Waals surface area contributed by atoms with Gasteiger partial charge in [-0.15, -0.1) is 0 Å². The van der Waals surface area contributed by atoms with Gasteiger partial charge in [0.15, 0.2) is 5.69 Å². The summed E-state index contributed by atoms with van der Waals surface area (Å²) in [6.07, 6.45) is 1.82. The van der Waals surface area contributed by atoms with E-state index in [2.05, 4.69) is 16.1 Å². The van der Waals surface area contributed by atoms with Gasteiger partial charge >= 0.3 is 6.18 Å². The fourth-order valence-electron chi connectivity index (χ4n) is 3.98. The van der Waals surface area contributed by atoms with Crippen molar-refractivity contribution in [3.63, 3.8) is 0 Å². The molecule has 2 heterocycles. The van der Waals surface area contributed by atoms with Crippen LogP contribution in [0.3, 0.4) is 0 Å². The number of aromatic nitrogens is 3. The molecule has 0 aliphatic heterocycles. The highest BCUT2D eigenvalue weighted by molar-refractivity contribution is 5.85. The van der Waals surface area contributed by atoms with Crippen LogP contribution in [0.2, 0.25) is 0 Å². The van der Waals surface area contributed by atoms with Crippen LogP contribution in [0.5, 0.6) is 0 Å². The number of nitrogens with one attached hydrogen (secondary N) is 1. The van der Waals surface area contributed by atoms with Crippen molar-refractivity contribution in [1.82, 2.24) is 14.8 Å². The predicted molar refractivity (Wildman–Crippen MR) is 96.0 cm³/mol. The zero-order valence-electron chi connectivity index (χ0n) is 14.7. The number of aromatic amines is 1. The molecule has 0 spiro atoms. The monoisotopic (exact) mass is 361 g/mol. The molecule has 1 aliphatic carbocycles. The molecule has 4 rings (SSSR count). The van der Waals surface area contributed by atoms with E-state index in [-0.39, 0.29) is 0 Å². The van der Waals surface area contributed by atoms with Gasteiger partial charge in [0.05, 0.1) is 5.69 Å². The van der Waals surface area contributed by atoms with Gasteiger partial charge in [0.2, 0.25) is 0 Å². The number of nitrogens with zero attached hydrogens (tertiary/aromatic N) is 2. The molecule has 1 saturated carbocycles. The van der Waals surface area contributed by atoms with Crippen LogP contribution in [0.15, 0.2) is 30.3 Å². The van der Waals surface area contributed by atoms with Crippen LogP contribution in [0.4, 0.5) is 13.2 Å². The largest absolute Gasteiger partial charge is 0.435 e. The third kappa shape index (κ3) is 3.13. The molecule has 2 aromatic heterocycles. The van der Waals surface area contributed by atoms with Crippen LogP contribution < -0.4 is 0 Å². The topological polar surface area (TPSA) is 33.6 Å². The van der Waals surface area contributed by atoms with Gasteiger partial charge < -0.3 is 4.98 Å². The van der Waals surface area contributed by atoms with Crippen LogP contribution in [-0.2, 0) is 12.7 Å². The summed E-state index contributed by atoms with van der Waals surface area (Å²) < 4.78 is 40.5. The maximum absolute atomic E-state index is 13.0. The van der Waals surface area contributed by atoms with E-state index in [4.69, 9.17) is 0 Å². The van der Waals surface area contributed by atoms with E-state index < -0.39 is 11.9 Å². The molecule has 3 nitrogen and oxygen atoms in total. The van der Waals surface area contributed by atoms with Gasteiger partial charge in [-0.05, 0) is 49.9 Å². The Morgan fingerprint density at radius 3 is 2.58 bits per heavy atom. The van der Waals surface area contributed by atoms with Gasteiger partial charge in [-0.1, -0.05) is 25.3 Å². The summed E-state index contributed by atoms with van der Waals surface area (Å²) in [7, 11) is 0. The molecule has 3 aromatic rings. The quantitative estimate of drug-likeness (QED) is 0.599. The molecular formula is C20H22F3N3. The summed E-state index contributed by atoms with van der Waals surface area (Å²) in [4.78, 5) is 3.50. The van der Waals surface area contributed by atoms with Crippen molar-refractivity contribution in [3.8, 4) is 11.3 Å². The van der Waals surface area contributed by atoms with Crippen LogP contribution in [0, 0.1) is 0 Å². The highest BCUT2D eigenvalue weighted by atomic mass is 19.4. The number of benzene rings is 1. The zero-order valence-corrected chi connectivity index (χ0v) is 14.7. The minimum atomic E-state index is -4.43. The zero-order chi connectivity index (χ0) is 18.3. The number of hydrogen-bond donors (Lipinski definition) is 1. The Labute approximate surface area is 150 Å². The molecular weight excluding hydrogens is 339 g/mol. The Balaban J connectivity index is 1.72. The molecule has 138 valence electrons. The lowest BCUT2D eigenvalue weighted by molar-refractivity contribution is -0.141. The lowest BCUT2D eigenvalue weighted by atomic mass is 9.87. The van der Waals surface area contributed by atoms with Gasteiger partial charge in [0.1, 0.15) is 0 Å². The van der Waals surface area contributed by atoms with Gasteiger partial charge in [-0.2, -0.15) is 18.3 Å². The molecule has 1 N–H and O–H groups in total. The molecule has 0 radical (unpaired) electrons.